The predicted molar refractivity (Wildman–Crippen MR) is 115 cm³/mol. The lowest BCUT2D eigenvalue weighted by molar-refractivity contribution is -0.124. The number of nitrogens with one attached hydrogen (secondary N) is 1. The number of aryl methyl sites for hydroxylation is 4. The summed E-state index contributed by atoms with van der Waals surface area (Å²) in [5, 5.41) is 3.17. The summed E-state index contributed by atoms with van der Waals surface area (Å²) in [6.45, 7) is 12.2. The zero-order valence-electron chi connectivity index (χ0n) is 18.0. The van der Waals surface area contributed by atoms with Crippen molar-refractivity contribution in [3.63, 3.8) is 0 Å². The quantitative estimate of drug-likeness (QED) is 0.778. The van der Waals surface area contributed by atoms with E-state index in [1.807, 2.05) is 13.8 Å². The molecule has 0 bridgehead atoms. The zero-order chi connectivity index (χ0) is 20.8. The van der Waals surface area contributed by atoms with E-state index in [4.69, 9.17) is 9.47 Å². The van der Waals surface area contributed by atoms with Crippen molar-refractivity contribution in [1.82, 2.24) is 10.2 Å². The van der Waals surface area contributed by atoms with Crippen LogP contribution in [0.4, 0.5) is 0 Å². The molecule has 1 aliphatic rings. The van der Waals surface area contributed by atoms with Crippen molar-refractivity contribution in [2.75, 3.05) is 39.5 Å². The first-order valence-electron chi connectivity index (χ1n) is 10.3. The smallest absolute Gasteiger partial charge is 0.258 e. The van der Waals surface area contributed by atoms with Gasteiger partial charge in [0.2, 0.25) is 0 Å². The normalized spacial score (nSPS) is 15.7. The number of morpholine rings is 1. The Bertz CT molecular complexity index is 804. The molecule has 3 rings (SSSR count). The lowest BCUT2D eigenvalue weighted by Crippen LogP contribution is -2.44. The zero-order valence-corrected chi connectivity index (χ0v) is 18.0. The van der Waals surface area contributed by atoms with Gasteiger partial charge in [0.05, 0.1) is 19.3 Å². The molecule has 0 spiro atoms. The van der Waals surface area contributed by atoms with E-state index in [9.17, 15) is 4.79 Å². The van der Waals surface area contributed by atoms with Crippen LogP contribution in [-0.4, -0.2) is 50.3 Å². The molecule has 1 atom stereocenters. The highest BCUT2D eigenvalue weighted by atomic mass is 16.5. The van der Waals surface area contributed by atoms with E-state index in [-0.39, 0.29) is 18.6 Å². The number of benzene rings is 2. The van der Waals surface area contributed by atoms with Crippen LogP contribution in [0.5, 0.6) is 5.75 Å². The largest absolute Gasteiger partial charge is 0.483 e. The lowest BCUT2D eigenvalue weighted by Gasteiger charge is -2.31. The maximum absolute atomic E-state index is 12.7. The third-order valence-electron chi connectivity index (χ3n) is 5.31. The lowest BCUT2D eigenvalue weighted by atomic mass is 10.0. The van der Waals surface area contributed by atoms with E-state index in [2.05, 4.69) is 60.5 Å². The standard InChI is InChI=1S/C24H32N2O3/c1-17-5-7-21(8-6-17)22(15-26-9-11-28-12-10-26)25-23(27)16-29-24-19(3)13-18(2)14-20(24)4/h5-8,13-14,22H,9-12,15-16H2,1-4H3,(H,25,27)/t22-/m0/s1. The second-order valence-corrected chi connectivity index (χ2v) is 7.96. The van der Waals surface area contributed by atoms with Gasteiger partial charge in [-0.1, -0.05) is 47.5 Å². The fourth-order valence-corrected chi connectivity index (χ4v) is 3.84. The topological polar surface area (TPSA) is 50.8 Å². The van der Waals surface area contributed by atoms with Crippen LogP contribution in [0.15, 0.2) is 36.4 Å². The van der Waals surface area contributed by atoms with Crippen LogP contribution in [0.3, 0.4) is 0 Å². The molecule has 0 radical (unpaired) electrons. The van der Waals surface area contributed by atoms with Crippen LogP contribution in [0.1, 0.15) is 33.9 Å². The fourth-order valence-electron chi connectivity index (χ4n) is 3.84. The minimum atomic E-state index is -0.108. The molecule has 5 heteroatoms. The molecule has 2 aromatic carbocycles. The molecular weight excluding hydrogens is 364 g/mol. The number of amides is 1. The van der Waals surface area contributed by atoms with Crippen molar-refractivity contribution in [2.24, 2.45) is 0 Å². The number of nitrogens with zero attached hydrogens (tertiary/aromatic N) is 1. The fraction of sp³-hybridized carbons (Fsp3) is 0.458. The number of carbonyl (C=O) groups is 1. The highest BCUT2D eigenvalue weighted by Gasteiger charge is 2.20. The SMILES string of the molecule is Cc1ccc([C@H](CN2CCOCC2)NC(=O)COc2c(C)cc(C)cc2C)cc1. The first kappa shape index (κ1) is 21.3. The second-order valence-electron chi connectivity index (χ2n) is 7.96. The van der Waals surface area contributed by atoms with Gasteiger partial charge in [0, 0.05) is 19.6 Å². The van der Waals surface area contributed by atoms with Crippen LogP contribution < -0.4 is 10.1 Å². The van der Waals surface area contributed by atoms with Crippen molar-refractivity contribution in [3.05, 3.63) is 64.2 Å². The summed E-state index contributed by atoms with van der Waals surface area (Å²) in [4.78, 5) is 15.1. The van der Waals surface area contributed by atoms with E-state index in [1.54, 1.807) is 0 Å². The van der Waals surface area contributed by atoms with E-state index in [0.29, 0.717) is 0 Å². The van der Waals surface area contributed by atoms with Crippen molar-refractivity contribution in [3.8, 4) is 5.75 Å². The van der Waals surface area contributed by atoms with E-state index in [0.717, 1.165) is 55.3 Å². The summed E-state index contributed by atoms with van der Waals surface area (Å²) in [6.07, 6.45) is 0. The first-order chi connectivity index (χ1) is 13.9. The van der Waals surface area contributed by atoms with Gasteiger partial charge in [-0.3, -0.25) is 9.69 Å². The molecule has 5 nitrogen and oxygen atoms in total. The Morgan fingerprint density at radius 1 is 1.03 bits per heavy atom. The van der Waals surface area contributed by atoms with Gasteiger partial charge >= 0.3 is 0 Å². The Labute approximate surface area is 174 Å². The highest BCUT2D eigenvalue weighted by Crippen LogP contribution is 2.24. The molecule has 0 aliphatic carbocycles. The molecule has 2 aromatic rings. The van der Waals surface area contributed by atoms with Crippen LogP contribution in [0.25, 0.3) is 0 Å². The molecule has 0 aromatic heterocycles. The van der Waals surface area contributed by atoms with Crippen LogP contribution in [-0.2, 0) is 9.53 Å². The van der Waals surface area contributed by atoms with Gasteiger partial charge < -0.3 is 14.8 Å². The number of hydrogen-bond acceptors (Lipinski definition) is 4. The monoisotopic (exact) mass is 396 g/mol. The van der Waals surface area contributed by atoms with E-state index in [1.165, 1.54) is 11.1 Å². The van der Waals surface area contributed by atoms with Gasteiger partial charge in [-0.25, -0.2) is 0 Å². The number of ether oxygens (including phenoxy) is 2. The maximum atomic E-state index is 12.7. The Kier molecular flexibility index (Phi) is 7.29. The Morgan fingerprint density at radius 2 is 1.66 bits per heavy atom. The minimum Gasteiger partial charge on any atom is -0.483 e. The van der Waals surface area contributed by atoms with Crippen molar-refractivity contribution < 1.29 is 14.3 Å². The van der Waals surface area contributed by atoms with Crippen LogP contribution in [0, 0.1) is 27.7 Å². The molecule has 156 valence electrons. The summed E-state index contributed by atoms with van der Waals surface area (Å²) in [6, 6.07) is 12.4. The molecule has 29 heavy (non-hydrogen) atoms. The molecule has 1 heterocycles. The second kappa shape index (κ2) is 9.90. The summed E-state index contributed by atoms with van der Waals surface area (Å²) < 4.78 is 11.3. The van der Waals surface area contributed by atoms with Gasteiger partial charge in [0.15, 0.2) is 6.61 Å². The average Bonchev–Trinajstić information content (AvgIpc) is 2.68. The number of rotatable bonds is 7. The maximum Gasteiger partial charge on any atom is 0.258 e. The Balaban J connectivity index is 1.66. The third kappa shape index (κ3) is 6.05. The van der Waals surface area contributed by atoms with Crippen LogP contribution in [0.2, 0.25) is 0 Å². The molecule has 1 amide bonds. The minimum absolute atomic E-state index is 0.0101. The molecular formula is C24H32N2O3. The van der Waals surface area contributed by atoms with Crippen molar-refractivity contribution in [1.29, 1.82) is 0 Å². The summed E-state index contributed by atoms with van der Waals surface area (Å²) in [5.41, 5.74) is 5.62. The third-order valence-corrected chi connectivity index (χ3v) is 5.31. The summed E-state index contributed by atoms with van der Waals surface area (Å²) in [5.74, 6) is 0.689. The van der Waals surface area contributed by atoms with Gasteiger partial charge in [-0.2, -0.15) is 0 Å². The molecule has 0 saturated carbocycles. The molecule has 0 unspecified atom stereocenters. The Hall–Kier alpha value is -2.37. The molecule has 1 saturated heterocycles. The van der Waals surface area contributed by atoms with Crippen LogP contribution >= 0.6 is 0 Å². The van der Waals surface area contributed by atoms with Gasteiger partial charge in [-0.15, -0.1) is 0 Å². The number of carbonyl (C=O) groups excluding carboxylic acids is 1. The van der Waals surface area contributed by atoms with E-state index < -0.39 is 0 Å². The van der Waals surface area contributed by atoms with Gasteiger partial charge in [0.1, 0.15) is 5.75 Å². The molecule has 1 fully saturated rings. The van der Waals surface area contributed by atoms with Crippen molar-refractivity contribution in [2.45, 2.75) is 33.7 Å². The first-order valence-corrected chi connectivity index (χ1v) is 10.3. The summed E-state index contributed by atoms with van der Waals surface area (Å²) >= 11 is 0. The predicted octanol–water partition coefficient (Wildman–Crippen LogP) is 3.49. The number of hydrogen-bond donors (Lipinski definition) is 1. The Morgan fingerprint density at radius 3 is 2.28 bits per heavy atom. The highest BCUT2D eigenvalue weighted by molar-refractivity contribution is 5.78. The average molecular weight is 397 g/mol. The van der Waals surface area contributed by atoms with Gasteiger partial charge in [-0.05, 0) is 44.4 Å². The van der Waals surface area contributed by atoms with E-state index >= 15 is 0 Å². The van der Waals surface area contributed by atoms with Crippen molar-refractivity contribution >= 4 is 5.91 Å². The molecule has 1 N–H and O–H groups in total. The molecule has 1 aliphatic heterocycles. The van der Waals surface area contributed by atoms with Gasteiger partial charge in [0.25, 0.3) is 5.91 Å². The summed E-state index contributed by atoms with van der Waals surface area (Å²) in [7, 11) is 0.